The quantitative estimate of drug-likeness (QED) is 0.740. The van der Waals surface area contributed by atoms with Gasteiger partial charge in [-0.2, -0.15) is 0 Å². The Morgan fingerprint density at radius 3 is 2.85 bits per heavy atom. The zero-order chi connectivity index (χ0) is 9.10. The van der Waals surface area contributed by atoms with E-state index in [0.29, 0.717) is 0 Å². The molecular formula is C10H13N3. The van der Waals surface area contributed by atoms with E-state index in [2.05, 4.69) is 27.0 Å². The van der Waals surface area contributed by atoms with Crippen LogP contribution in [0.4, 0.5) is 0 Å². The second-order valence-electron chi connectivity index (χ2n) is 3.07. The summed E-state index contributed by atoms with van der Waals surface area (Å²) in [5.41, 5.74) is 2.60. The SMILES string of the molecule is CNC1=CC=C(n2ccnc2)CC1. The summed E-state index contributed by atoms with van der Waals surface area (Å²) in [6, 6.07) is 0. The molecule has 0 atom stereocenters. The molecule has 0 radical (unpaired) electrons. The average Bonchev–Trinajstić information content (AvgIpc) is 2.71. The van der Waals surface area contributed by atoms with Crippen LogP contribution in [0.25, 0.3) is 5.70 Å². The monoisotopic (exact) mass is 175 g/mol. The molecule has 2 rings (SSSR count). The normalized spacial score (nSPS) is 16.4. The number of nitrogens with one attached hydrogen (secondary N) is 1. The number of allylic oxidation sites excluding steroid dienone is 4. The number of rotatable bonds is 2. The van der Waals surface area contributed by atoms with Gasteiger partial charge < -0.3 is 9.88 Å². The minimum Gasteiger partial charge on any atom is -0.391 e. The molecule has 1 aromatic heterocycles. The van der Waals surface area contributed by atoms with Gasteiger partial charge in [-0.15, -0.1) is 0 Å². The van der Waals surface area contributed by atoms with Crippen LogP contribution in [0.3, 0.4) is 0 Å². The Hall–Kier alpha value is -1.51. The molecule has 1 aliphatic rings. The van der Waals surface area contributed by atoms with Crippen LogP contribution in [0.15, 0.2) is 36.6 Å². The molecule has 0 unspecified atom stereocenters. The van der Waals surface area contributed by atoms with Crippen LogP contribution in [0.1, 0.15) is 12.8 Å². The van der Waals surface area contributed by atoms with Crippen LogP contribution < -0.4 is 5.32 Å². The van der Waals surface area contributed by atoms with Crippen molar-refractivity contribution in [1.29, 1.82) is 0 Å². The smallest absolute Gasteiger partial charge is 0.0989 e. The number of hydrogen-bond acceptors (Lipinski definition) is 2. The summed E-state index contributed by atoms with van der Waals surface area (Å²) >= 11 is 0. The van der Waals surface area contributed by atoms with E-state index < -0.39 is 0 Å². The highest BCUT2D eigenvalue weighted by molar-refractivity contribution is 5.51. The molecule has 3 heteroatoms. The standard InChI is InChI=1S/C10H13N3/c1-11-9-2-4-10(5-3-9)13-7-6-12-8-13/h2,4,6-8,11H,3,5H2,1H3. The van der Waals surface area contributed by atoms with Crippen molar-refractivity contribution < 1.29 is 0 Å². The van der Waals surface area contributed by atoms with Crippen molar-refractivity contribution >= 4 is 5.70 Å². The minimum atomic E-state index is 1.07. The van der Waals surface area contributed by atoms with Crippen LogP contribution in [-0.2, 0) is 0 Å². The second kappa shape index (κ2) is 3.47. The first-order valence-corrected chi connectivity index (χ1v) is 4.46. The number of imidazole rings is 1. The fraction of sp³-hybridized carbons (Fsp3) is 0.300. The van der Waals surface area contributed by atoms with Crippen LogP contribution in [0.2, 0.25) is 0 Å². The van der Waals surface area contributed by atoms with E-state index in [1.165, 1.54) is 11.4 Å². The molecule has 0 bridgehead atoms. The van der Waals surface area contributed by atoms with E-state index in [0.717, 1.165) is 12.8 Å². The van der Waals surface area contributed by atoms with E-state index in [4.69, 9.17) is 0 Å². The summed E-state index contributed by atoms with van der Waals surface area (Å²) in [6.07, 6.45) is 12.0. The maximum Gasteiger partial charge on any atom is 0.0989 e. The third-order valence-corrected chi connectivity index (χ3v) is 2.28. The molecule has 3 nitrogen and oxygen atoms in total. The van der Waals surface area contributed by atoms with E-state index in [9.17, 15) is 0 Å². The molecule has 0 fully saturated rings. The topological polar surface area (TPSA) is 29.9 Å². The summed E-state index contributed by atoms with van der Waals surface area (Å²) in [6.45, 7) is 0. The van der Waals surface area contributed by atoms with E-state index in [1.54, 1.807) is 6.20 Å². The molecule has 1 aromatic rings. The van der Waals surface area contributed by atoms with Gasteiger partial charge in [0.1, 0.15) is 0 Å². The summed E-state index contributed by atoms with van der Waals surface area (Å²) in [7, 11) is 1.96. The van der Waals surface area contributed by atoms with Crippen molar-refractivity contribution in [1.82, 2.24) is 14.9 Å². The molecule has 68 valence electrons. The Labute approximate surface area is 77.8 Å². The van der Waals surface area contributed by atoms with Gasteiger partial charge in [0.2, 0.25) is 0 Å². The highest BCUT2D eigenvalue weighted by Crippen LogP contribution is 2.19. The maximum atomic E-state index is 4.02. The van der Waals surface area contributed by atoms with Crippen LogP contribution in [-0.4, -0.2) is 16.6 Å². The lowest BCUT2D eigenvalue weighted by molar-refractivity contribution is 0.821. The van der Waals surface area contributed by atoms with Gasteiger partial charge in [-0.1, -0.05) is 0 Å². The van der Waals surface area contributed by atoms with Crippen molar-refractivity contribution in [3.05, 3.63) is 36.6 Å². The van der Waals surface area contributed by atoms with Crippen molar-refractivity contribution in [2.24, 2.45) is 0 Å². The van der Waals surface area contributed by atoms with Gasteiger partial charge in [0.25, 0.3) is 0 Å². The Balaban J connectivity index is 2.20. The Morgan fingerprint density at radius 1 is 1.38 bits per heavy atom. The number of nitrogens with zero attached hydrogens (tertiary/aromatic N) is 2. The minimum absolute atomic E-state index is 1.07. The molecular weight excluding hydrogens is 162 g/mol. The molecule has 0 saturated carbocycles. The van der Waals surface area contributed by atoms with E-state index >= 15 is 0 Å². The lowest BCUT2D eigenvalue weighted by Gasteiger charge is -2.14. The fourth-order valence-corrected chi connectivity index (χ4v) is 1.48. The van der Waals surface area contributed by atoms with Gasteiger partial charge in [0, 0.05) is 30.8 Å². The second-order valence-corrected chi connectivity index (χ2v) is 3.07. The van der Waals surface area contributed by atoms with Gasteiger partial charge in [-0.25, -0.2) is 4.98 Å². The molecule has 1 N–H and O–H groups in total. The predicted molar refractivity (Wildman–Crippen MR) is 52.9 cm³/mol. The summed E-state index contributed by atoms with van der Waals surface area (Å²) in [5, 5.41) is 3.16. The molecule has 13 heavy (non-hydrogen) atoms. The zero-order valence-corrected chi connectivity index (χ0v) is 7.70. The van der Waals surface area contributed by atoms with Crippen LogP contribution in [0, 0.1) is 0 Å². The molecule has 0 saturated heterocycles. The lowest BCUT2D eigenvalue weighted by Crippen LogP contribution is -2.09. The van der Waals surface area contributed by atoms with Gasteiger partial charge in [0.15, 0.2) is 0 Å². The summed E-state index contributed by atoms with van der Waals surface area (Å²) < 4.78 is 2.06. The summed E-state index contributed by atoms with van der Waals surface area (Å²) in [4.78, 5) is 4.02. The highest BCUT2D eigenvalue weighted by Gasteiger charge is 2.05. The first kappa shape index (κ1) is 8.10. The molecule has 0 aliphatic heterocycles. The maximum absolute atomic E-state index is 4.02. The van der Waals surface area contributed by atoms with Crippen LogP contribution in [0.5, 0.6) is 0 Å². The van der Waals surface area contributed by atoms with Crippen molar-refractivity contribution in [2.75, 3.05) is 7.05 Å². The highest BCUT2D eigenvalue weighted by atomic mass is 15.0. The van der Waals surface area contributed by atoms with E-state index in [1.807, 2.05) is 19.6 Å². The first-order chi connectivity index (χ1) is 6.40. The van der Waals surface area contributed by atoms with E-state index in [-0.39, 0.29) is 0 Å². The Bertz CT molecular complexity index is 333. The lowest BCUT2D eigenvalue weighted by atomic mass is 10.1. The molecule has 1 aliphatic carbocycles. The predicted octanol–water partition coefficient (Wildman–Crippen LogP) is 1.62. The van der Waals surface area contributed by atoms with Crippen molar-refractivity contribution in [2.45, 2.75) is 12.8 Å². The third-order valence-electron chi connectivity index (χ3n) is 2.28. The van der Waals surface area contributed by atoms with Gasteiger partial charge in [0.05, 0.1) is 6.33 Å². The Kier molecular flexibility index (Phi) is 2.17. The number of hydrogen-bond donors (Lipinski definition) is 1. The molecule has 0 spiro atoms. The summed E-state index contributed by atoms with van der Waals surface area (Å²) in [5.74, 6) is 0. The van der Waals surface area contributed by atoms with Gasteiger partial charge >= 0.3 is 0 Å². The average molecular weight is 175 g/mol. The first-order valence-electron chi connectivity index (χ1n) is 4.46. The number of aromatic nitrogens is 2. The largest absolute Gasteiger partial charge is 0.391 e. The molecule has 1 heterocycles. The molecule has 0 aromatic carbocycles. The van der Waals surface area contributed by atoms with Crippen molar-refractivity contribution in [3.63, 3.8) is 0 Å². The van der Waals surface area contributed by atoms with Gasteiger partial charge in [-0.3, -0.25) is 0 Å². The Morgan fingerprint density at radius 2 is 2.31 bits per heavy atom. The van der Waals surface area contributed by atoms with Crippen LogP contribution >= 0.6 is 0 Å². The fourth-order valence-electron chi connectivity index (χ4n) is 1.48. The van der Waals surface area contributed by atoms with Crippen molar-refractivity contribution in [3.8, 4) is 0 Å². The molecule has 0 amide bonds. The van der Waals surface area contributed by atoms with Gasteiger partial charge in [-0.05, 0) is 25.0 Å². The zero-order valence-electron chi connectivity index (χ0n) is 7.70. The third kappa shape index (κ3) is 1.64.